The Morgan fingerprint density at radius 2 is 1.12 bits per heavy atom. The van der Waals surface area contributed by atoms with Gasteiger partial charge in [-0.2, -0.15) is 0 Å². The van der Waals surface area contributed by atoms with Gasteiger partial charge in [-0.1, -0.05) is 153 Å². The summed E-state index contributed by atoms with van der Waals surface area (Å²) in [7, 11) is 0. The molecule has 8 aromatic carbocycles. The number of allylic oxidation sites excluding steroid dienone is 1. The van der Waals surface area contributed by atoms with Gasteiger partial charge >= 0.3 is 0 Å². The molecule has 1 atom stereocenters. The summed E-state index contributed by atoms with van der Waals surface area (Å²) in [6.07, 6.45) is 5.44. The van der Waals surface area contributed by atoms with E-state index in [1.807, 2.05) is 60.7 Å². The van der Waals surface area contributed by atoms with Gasteiger partial charge in [-0.15, -0.1) is 0 Å². The third-order valence-corrected chi connectivity index (χ3v) is 11.9. The van der Waals surface area contributed by atoms with Crippen molar-refractivity contribution in [2.75, 3.05) is 0 Å². The molecule has 3 aromatic heterocycles. The fourth-order valence-corrected chi connectivity index (χ4v) is 9.05. The molecule has 0 N–H and O–H groups in total. The van der Waals surface area contributed by atoms with E-state index in [4.69, 9.17) is 23.8 Å². The van der Waals surface area contributed by atoms with E-state index >= 15 is 0 Å². The van der Waals surface area contributed by atoms with Crippen molar-refractivity contribution < 1.29 is 8.83 Å². The fraction of sp³-hybridized carbons (Fsp3) is 0.0556. The number of nitrogens with zero attached hydrogens (tertiary/aromatic N) is 3. The van der Waals surface area contributed by atoms with E-state index < -0.39 is 0 Å². The van der Waals surface area contributed by atoms with E-state index in [2.05, 4.69) is 122 Å². The standard InChI is InChI=1S/C54H35N3O2/c1-32-22-25-44-48(30-32)59-51-37(36-24-23-33-12-5-6-15-35(33)31-36)26-28-41(50(44)51)40-27-29-42(39-17-8-7-16-38(39)40)53-55-52(34-13-3-2-4-14-34)56-54(57-53)45-19-11-21-47-49(45)43-18-9-10-20-46(43)58-47/h2-29,31-32H,30H2,1H3. The van der Waals surface area contributed by atoms with Crippen LogP contribution in [0.25, 0.3) is 117 Å². The predicted octanol–water partition coefficient (Wildman–Crippen LogP) is 14.4. The van der Waals surface area contributed by atoms with E-state index in [-0.39, 0.29) is 0 Å². The molecule has 278 valence electrons. The Kier molecular flexibility index (Phi) is 7.51. The van der Waals surface area contributed by atoms with Gasteiger partial charge in [0.25, 0.3) is 0 Å². The SMILES string of the molecule is CC1C=Cc2c(oc3c(-c4ccc5ccccc5c4)ccc(-c4ccc(-c5nc(-c6ccccc6)nc(-c6cccc7oc8ccccc8c67)n5)c5ccccc45)c23)C1. The van der Waals surface area contributed by atoms with E-state index in [1.54, 1.807) is 0 Å². The number of para-hydroxylation sites is 1. The Morgan fingerprint density at radius 3 is 1.98 bits per heavy atom. The molecule has 59 heavy (non-hydrogen) atoms. The van der Waals surface area contributed by atoms with E-state index in [0.29, 0.717) is 23.4 Å². The quantitative estimate of drug-likeness (QED) is 0.175. The van der Waals surface area contributed by atoms with Crippen LogP contribution in [-0.2, 0) is 6.42 Å². The van der Waals surface area contributed by atoms with Crippen LogP contribution in [0.1, 0.15) is 18.2 Å². The highest BCUT2D eigenvalue weighted by molar-refractivity contribution is 6.14. The highest BCUT2D eigenvalue weighted by Crippen LogP contribution is 2.46. The Labute approximate surface area is 340 Å². The Bertz CT molecular complexity index is 3500. The normalized spacial score (nSPS) is 13.9. The van der Waals surface area contributed by atoms with Crippen molar-refractivity contribution in [1.82, 2.24) is 15.0 Å². The van der Waals surface area contributed by atoms with Gasteiger partial charge in [0, 0.05) is 50.4 Å². The second-order valence-corrected chi connectivity index (χ2v) is 15.6. The van der Waals surface area contributed by atoms with Crippen LogP contribution < -0.4 is 0 Å². The van der Waals surface area contributed by atoms with E-state index in [9.17, 15) is 0 Å². The molecule has 11 aromatic rings. The summed E-state index contributed by atoms with van der Waals surface area (Å²) in [5.74, 6) is 3.26. The summed E-state index contributed by atoms with van der Waals surface area (Å²) in [6.45, 7) is 2.25. The first-order chi connectivity index (χ1) is 29.1. The van der Waals surface area contributed by atoms with Crippen molar-refractivity contribution in [2.45, 2.75) is 13.3 Å². The molecule has 3 heterocycles. The van der Waals surface area contributed by atoms with Crippen molar-refractivity contribution in [3.63, 3.8) is 0 Å². The average molecular weight is 758 g/mol. The number of hydrogen-bond acceptors (Lipinski definition) is 5. The van der Waals surface area contributed by atoms with Crippen LogP contribution >= 0.6 is 0 Å². The zero-order valence-corrected chi connectivity index (χ0v) is 32.2. The molecule has 0 spiro atoms. The number of rotatable bonds is 5. The maximum atomic E-state index is 6.90. The number of benzene rings is 8. The molecule has 0 aliphatic heterocycles. The van der Waals surface area contributed by atoms with Gasteiger partial charge in [-0.05, 0) is 74.5 Å². The molecule has 5 heteroatoms. The molecule has 1 unspecified atom stereocenters. The summed E-state index contributed by atoms with van der Waals surface area (Å²) in [5.41, 5.74) is 11.0. The monoisotopic (exact) mass is 757 g/mol. The molecule has 0 fully saturated rings. The van der Waals surface area contributed by atoms with Gasteiger partial charge in [-0.25, -0.2) is 15.0 Å². The molecule has 0 saturated heterocycles. The zero-order valence-electron chi connectivity index (χ0n) is 32.2. The van der Waals surface area contributed by atoms with Gasteiger partial charge in [-0.3, -0.25) is 0 Å². The molecule has 1 aliphatic carbocycles. The predicted molar refractivity (Wildman–Crippen MR) is 241 cm³/mol. The van der Waals surface area contributed by atoms with Crippen molar-refractivity contribution >= 4 is 60.5 Å². The second-order valence-electron chi connectivity index (χ2n) is 15.6. The summed E-state index contributed by atoms with van der Waals surface area (Å²) in [4.78, 5) is 15.6. The van der Waals surface area contributed by atoms with Gasteiger partial charge < -0.3 is 8.83 Å². The number of furan rings is 2. The van der Waals surface area contributed by atoms with Crippen molar-refractivity contribution in [1.29, 1.82) is 0 Å². The molecular weight excluding hydrogens is 723 g/mol. The van der Waals surface area contributed by atoms with Crippen LogP contribution in [0.3, 0.4) is 0 Å². The third kappa shape index (κ3) is 5.43. The van der Waals surface area contributed by atoms with E-state index in [1.165, 1.54) is 16.3 Å². The smallest absolute Gasteiger partial charge is 0.164 e. The minimum atomic E-state index is 0.404. The lowest BCUT2D eigenvalue weighted by Crippen LogP contribution is -2.01. The Morgan fingerprint density at radius 1 is 0.458 bits per heavy atom. The zero-order chi connectivity index (χ0) is 39.0. The Hall–Kier alpha value is -7.63. The molecule has 0 radical (unpaired) electrons. The highest BCUT2D eigenvalue weighted by Gasteiger charge is 2.25. The fourth-order valence-electron chi connectivity index (χ4n) is 9.05. The summed E-state index contributed by atoms with van der Waals surface area (Å²) < 4.78 is 13.2. The topological polar surface area (TPSA) is 65.0 Å². The van der Waals surface area contributed by atoms with Gasteiger partial charge in [0.05, 0.1) is 0 Å². The van der Waals surface area contributed by atoms with Crippen molar-refractivity contribution in [3.05, 3.63) is 181 Å². The lowest BCUT2D eigenvalue weighted by Gasteiger charge is -2.15. The third-order valence-electron chi connectivity index (χ3n) is 11.9. The van der Waals surface area contributed by atoms with Crippen LogP contribution in [0.5, 0.6) is 0 Å². The largest absolute Gasteiger partial charge is 0.460 e. The number of aromatic nitrogens is 3. The maximum absolute atomic E-state index is 6.90. The molecule has 5 nitrogen and oxygen atoms in total. The maximum Gasteiger partial charge on any atom is 0.164 e. The highest BCUT2D eigenvalue weighted by atomic mass is 16.3. The first-order valence-corrected chi connectivity index (χ1v) is 20.1. The average Bonchev–Trinajstić information content (AvgIpc) is 3.87. The first-order valence-electron chi connectivity index (χ1n) is 20.1. The summed E-state index contributed by atoms with van der Waals surface area (Å²) in [6, 6.07) is 57.1. The van der Waals surface area contributed by atoms with Crippen LogP contribution in [0.2, 0.25) is 0 Å². The molecule has 0 amide bonds. The second kappa shape index (κ2) is 13.2. The van der Waals surface area contributed by atoms with Gasteiger partial charge in [0.15, 0.2) is 17.5 Å². The van der Waals surface area contributed by atoms with E-state index in [0.717, 1.165) is 94.8 Å². The van der Waals surface area contributed by atoms with Crippen LogP contribution in [0.4, 0.5) is 0 Å². The summed E-state index contributed by atoms with van der Waals surface area (Å²) in [5, 5.41) is 7.75. The van der Waals surface area contributed by atoms with Gasteiger partial charge in [0.1, 0.15) is 22.5 Å². The van der Waals surface area contributed by atoms with Crippen LogP contribution in [0, 0.1) is 5.92 Å². The number of hydrogen-bond donors (Lipinski definition) is 0. The first kappa shape index (κ1) is 33.5. The van der Waals surface area contributed by atoms with Crippen molar-refractivity contribution in [3.8, 4) is 56.4 Å². The minimum absolute atomic E-state index is 0.404. The Balaban J connectivity index is 1.07. The summed E-state index contributed by atoms with van der Waals surface area (Å²) >= 11 is 0. The molecule has 12 rings (SSSR count). The molecular formula is C54H35N3O2. The van der Waals surface area contributed by atoms with Crippen LogP contribution in [0.15, 0.2) is 179 Å². The molecule has 1 aliphatic rings. The van der Waals surface area contributed by atoms with Crippen LogP contribution in [-0.4, -0.2) is 15.0 Å². The van der Waals surface area contributed by atoms with Gasteiger partial charge in [0.2, 0.25) is 0 Å². The minimum Gasteiger partial charge on any atom is -0.460 e. The lowest BCUT2D eigenvalue weighted by molar-refractivity contribution is 0.514. The molecule has 0 bridgehead atoms. The van der Waals surface area contributed by atoms with Crippen molar-refractivity contribution in [2.24, 2.45) is 5.92 Å². The number of fused-ring (bicyclic) bond motifs is 8. The molecule has 0 saturated carbocycles. The lowest BCUT2D eigenvalue weighted by atomic mass is 9.88.